The topological polar surface area (TPSA) is 91.7 Å². The van der Waals surface area contributed by atoms with Gasteiger partial charge in [0.2, 0.25) is 0 Å². The van der Waals surface area contributed by atoms with E-state index in [0.29, 0.717) is 19.3 Å². The lowest BCUT2D eigenvalue weighted by Crippen LogP contribution is -2.21. The van der Waals surface area contributed by atoms with Crippen molar-refractivity contribution in [3.8, 4) is 0 Å². The minimum atomic E-state index is -0.899. The van der Waals surface area contributed by atoms with E-state index in [1.54, 1.807) is 6.08 Å². The average molecular weight is 352 g/mol. The molecule has 0 aromatic rings. The first-order valence-corrected chi connectivity index (χ1v) is 9.11. The van der Waals surface area contributed by atoms with Gasteiger partial charge in [-0.25, -0.2) is 0 Å². The molecule has 0 aliphatic heterocycles. The van der Waals surface area contributed by atoms with E-state index in [2.05, 4.69) is 13.0 Å². The number of aliphatic carboxylic acids is 1. The van der Waals surface area contributed by atoms with Crippen molar-refractivity contribution in [1.82, 2.24) is 0 Å². The number of unbranched alkanes of at least 4 members (excludes halogenated alkanes) is 3. The third-order valence-corrected chi connectivity index (χ3v) is 4.12. The number of carbonyl (C=O) groups is 3. The largest absolute Gasteiger partial charge is 0.481 e. The molecule has 0 unspecified atom stereocenters. The molecular formula is C20H32O5. The van der Waals surface area contributed by atoms with Crippen LogP contribution in [0, 0.1) is 11.8 Å². The summed E-state index contributed by atoms with van der Waals surface area (Å²) in [4.78, 5) is 33.7. The summed E-state index contributed by atoms with van der Waals surface area (Å²) >= 11 is 0. The average Bonchev–Trinajstić information content (AvgIpc) is 2.55. The van der Waals surface area contributed by atoms with Crippen molar-refractivity contribution in [2.75, 3.05) is 0 Å². The van der Waals surface area contributed by atoms with Gasteiger partial charge in [-0.15, -0.1) is 0 Å². The van der Waals surface area contributed by atoms with Crippen molar-refractivity contribution < 1.29 is 24.6 Å². The summed E-state index contributed by atoms with van der Waals surface area (Å²) in [5, 5.41) is 18.4. The van der Waals surface area contributed by atoms with Crippen molar-refractivity contribution in [2.45, 2.75) is 71.3 Å². The zero-order valence-electron chi connectivity index (χ0n) is 15.4. The van der Waals surface area contributed by atoms with Crippen LogP contribution in [0.4, 0.5) is 0 Å². The molecule has 0 amide bonds. The smallest absolute Gasteiger partial charge is 0.303 e. The van der Waals surface area contributed by atoms with E-state index in [4.69, 9.17) is 5.11 Å². The molecule has 0 spiro atoms. The van der Waals surface area contributed by atoms with E-state index in [1.165, 1.54) is 19.4 Å². The molecule has 0 radical (unpaired) electrons. The lowest BCUT2D eigenvalue weighted by Gasteiger charge is -2.16. The Morgan fingerprint density at radius 1 is 1.08 bits per heavy atom. The number of ketones is 1. The van der Waals surface area contributed by atoms with Gasteiger partial charge in [0.25, 0.3) is 0 Å². The molecule has 0 saturated heterocycles. The molecule has 0 aliphatic rings. The number of carboxylic acids is 1. The molecule has 25 heavy (non-hydrogen) atoms. The molecule has 0 aliphatic carbocycles. The van der Waals surface area contributed by atoms with Crippen LogP contribution in [-0.4, -0.2) is 34.4 Å². The van der Waals surface area contributed by atoms with Crippen LogP contribution >= 0.6 is 0 Å². The molecule has 0 rings (SSSR count). The van der Waals surface area contributed by atoms with Gasteiger partial charge in [-0.3, -0.25) is 9.59 Å². The van der Waals surface area contributed by atoms with E-state index in [-0.39, 0.29) is 12.2 Å². The van der Waals surface area contributed by atoms with Gasteiger partial charge < -0.3 is 15.0 Å². The summed E-state index contributed by atoms with van der Waals surface area (Å²) in [6.07, 6.45) is 12.6. The fourth-order valence-electron chi connectivity index (χ4n) is 2.56. The van der Waals surface area contributed by atoms with Crippen LogP contribution in [0.5, 0.6) is 0 Å². The SMILES string of the molecule is CCCCC/C=C\C[C@@H](C(C)=O)[C@@H](C=O)/C=C/[C@H](O)CCCC(=O)O. The predicted octanol–water partition coefficient (Wildman–Crippen LogP) is 3.71. The molecule has 0 aromatic heterocycles. The van der Waals surface area contributed by atoms with Gasteiger partial charge in [-0.1, -0.05) is 44.1 Å². The van der Waals surface area contributed by atoms with Crippen LogP contribution in [0.3, 0.4) is 0 Å². The van der Waals surface area contributed by atoms with Crippen LogP contribution in [0.15, 0.2) is 24.3 Å². The number of aliphatic hydroxyl groups excluding tert-OH is 1. The van der Waals surface area contributed by atoms with Crippen molar-refractivity contribution in [2.24, 2.45) is 11.8 Å². The Hall–Kier alpha value is -1.75. The Bertz CT molecular complexity index is 453. The molecule has 0 fully saturated rings. The Morgan fingerprint density at radius 3 is 2.36 bits per heavy atom. The van der Waals surface area contributed by atoms with Gasteiger partial charge in [-0.2, -0.15) is 0 Å². The lowest BCUT2D eigenvalue weighted by molar-refractivity contribution is -0.137. The molecule has 2 N–H and O–H groups in total. The van der Waals surface area contributed by atoms with Crippen LogP contribution in [0.25, 0.3) is 0 Å². The maximum absolute atomic E-state index is 11.8. The summed E-state index contributed by atoms with van der Waals surface area (Å²) in [6, 6.07) is 0. The van der Waals surface area contributed by atoms with E-state index >= 15 is 0 Å². The molecule has 3 atom stereocenters. The van der Waals surface area contributed by atoms with Crippen molar-refractivity contribution in [1.29, 1.82) is 0 Å². The highest BCUT2D eigenvalue weighted by Gasteiger charge is 2.22. The first kappa shape index (κ1) is 23.2. The number of rotatable bonds is 15. The first-order chi connectivity index (χ1) is 11.9. The Balaban J connectivity index is 4.54. The molecule has 0 heterocycles. The number of hydrogen-bond donors (Lipinski definition) is 2. The van der Waals surface area contributed by atoms with E-state index in [0.717, 1.165) is 25.5 Å². The molecule has 0 bridgehead atoms. The second-order valence-electron chi connectivity index (χ2n) is 6.37. The minimum absolute atomic E-state index is 0.000899. The van der Waals surface area contributed by atoms with Gasteiger partial charge >= 0.3 is 5.97 Å². The normalized spacial score (nSPS) is 15.3. The van der Waals surface area contributed by atoms with Crippen LogP contribution in [0.1, 0.15) is 65.2 Å². The fraction of sp³-hybridized carbons (Fsp3) is 0.650. The fourth-order valence-corrected chi connectivity index (χ4v) is 2.56. The third-order valence-electron chi connectivity index (χ3n) is 4.12. The molecule has 0 saturated carbocycles. The Labute approximate surface area is 150 Å². The molecule has 0 aromatic carbocycles. The van der Waals surface area contributed by atoms with Crippen molar-refractivity contribution in [3.63, 3.8) is 0 Å². The number of allylic oxidation sites excluding steroid dienone is 3. The van der Waals surface area contributed by atoms with Gasteiger partial charge in [-0.05, 0) is 39.0 Å². The molecule has 5 nitrogen and oxygen atoms in total. The summed E-state index contributed by atoms with van der Waals surface area (Å²) in [6.45, 7) is 3.62. The second kappa shape index (κ2) is 14.6. The van der Waals surface area contributed by atoms with E-state index in [9.17, 15) is 19.5 Å². The van der Waals surface area contributed by atoms with Crippen LogP contribution in [0.2, 0.25) is 0 Å². The van der Waals surface area contributed by atoms with Gasteiger partial charge in [0.05, 0.1) is 6.10 Å². The summed E-state index contributed by atoms with van der Waals surface area (Å²) in [7, 11) is 0. The summed E-state index contributed by atoms with van der Waals surface area (Å²) in [5.41, 5.74) is 0. The number of Topliss-reactive ketones (excluding diaryl/α,β-unsaturated/α-hetero) is 1. The third kappa shape index (κ3) is 12.3. The summed E-state index contributed by atoms with van der Waals surface area (Å²) in [5.74, 6) is -1.96. The van der Waals surface area contributed by atoms with Crippen molar-refractivity contribution in [3.05, 3.63) is 24.3 Å². The monoisotopic (exact) mass is 352 g/mol. The highest BCUT2D eigenvalue weighted by molar-refractivity contribution is 5.82. The maximum atomic E-state index is 11.8. The zero-order valence-corrected chi connectivity index (χ0v) is 15.4. The Morgan fingerprint density at radius 2 is 1.80 bits per heavy atom. The summed E-state index contributed by atoms with van der Waals surface area (Å²) < 4.78 is 0. The number of aldehydes is 1. The van der Waals surface area contributed by atoms with Crippen molar-refractivity contribution >= 4 is 18.0 Å². The maximum Gasteiger partial charge on any atom is 0.303 e. The number of aliphatic hydroxyl groups is 1. The zero-order chi connectivity index (χ0) is 19.1. The number of hydrogen-bond acceptors (Lipinski definition) is 4. The number of carbonyl (C=O) groups excluding carboxylic acids is 2. The Kier molecular flexibility index (Phi) is 13.6. The predicted molar refractivity (Wildman–Crippen MR) is 98.3 cm³/mol. The van der Waals surface area contributed by atoms with Crippen LogP contribution < -0.4 is 0 Å². The molecule has 5 heteroatoms. The number of carboxylic acid groups (broad SMARTS) is 1. The second-order valence-corrected chi connectivity index (χ2v) is 6.37. The highest BCUT2D eigenvalue weighted by Crippen LogP contribution is 2.19. The quantitative estimate of drug-likeness (QED) is 0.266. The van der Waals surface area contributed by atoms with Gasteiger partial charge in [0.1, 0.15) is 12.1 Å². The molecular weight excluding hydrogens is 320 g/mol. The van der Waals surface area contributed by atoms with Gasteiger partial charge in [0, 0.05) is 18.3 Å². The minimum Gasteiger partial charge on any atom is -0.481 e. The van der Waals surface area contributed by atoms with E-state index < -0.39 is 23.9 Å². The molecule has 142 valence electrons. The first-order valence-electron chi connectivity index (χ1n) is 9.11. The van der Waals surface area contributed by atoms with E-state index in [1.807, 2.05) is 6.08 Å². The lowest BCUT2D eigenvalue weighted by atomic mass is 9.86. The standard InChI is InChI=1S/C20H32O5/c1-3-4-5-6-7-8-11-19(16(2)22)17(15-21)13-14-18(23)10-9-12-20(24)25/h7-8,13-15,17-19,23H,3-6,9-12H2,1-2H3,(H,24,25)/b8-7-,14-13+/t17-,18-,19+/m1/s1. The van der Waals surface area contributed by atoms with Gasteiger partial charge in [0.15, 0.2) is 0 Å². The highest BCUT2D eigenvalue weighted by atomic mass is 16.4. The van der Waals surface area contributed by atoms with Crippen LogP contribution in [-0.2, 0) is 14.4 Å².